The number of H-pyrrole nitrogens is 1. The number of nitrogens with one attached hydrogen (secondary N) is 2. The third-order valence-corrected chi connectivity index (χ3v) is 4.96. The Morgan fingerprint density at radius 2 is 2.04 bits per heavy atom. The topological polar surface area (TPSA) is 107 Å². The van der Waals surface area contributed by atoms with E-state index in [1.165, 1.54) is 0 Å². The average molecular weight is 378 g/mol. The molecule has 0 spiro atoms. The highest BCUT2D eigenvalue weighted by Crippen LogP contribution is 2.32. The maximum absolute atomic E-state index is 11.8. The molecule has 3 heterocycles. The van der Waals surface area contributed by atoms with Crippen LogP contribution < -0.4 is 10.2 Å². The predicted molar refractivity (Wildman–Crippen MR) is 106 cm³/mol. The van der Waals surface area contributed by atoms with Crippen LogP contribution in [0.4, 0.5) is 17.6 Å². The van der Waals surface area contributed by atoms with Crippen LogP contribution >= 0.6 is 0 Å². The van der Waals surface area contributed by atoms with Crippen molar-refractivity contribution < 1.29 is 9.90 Å². The lowest BCUT2D eigenvalue weighted by molar-refractivity contribution is -0.142. The Labute approximate surface area is 162 Å². The van der Waals surface area contributed by atoms with Crippen LogP contribution in [-0.2, 0) is 4.79 Å². The summed E-state index contributed by atoms with van der Waals surface area (Å²) in [6.45, 7) is 2.98. The first-order chi connectivity index (χ1) is 13.6. The number of aliphatic carboxylic acids is 1. The molecule has 0 unspecified atom stereocenters. The van der Waals surface area contributed by atoms with Gasteiger partial charge in [0.25, 0.3) is 0 Å². The number of carboxylic acid groups (broad SMARTS) is 1. The van der Waals surface area contributed by atoms with Crippen molar-refractivity contribution in [3.8, 4) is 0 Å². The van der Waals surface area contributed by atoms with Crippen molar-refractivity contribution in [1.29, 1.82) is 0 Å². The lowest BCUT2D eigenvalue weighted by Gasteiger charge is -2.36. The highest BCUT2D eigenvalue weighted by Gasteiger charge is 2.33. The SMILES string of the molecule is Cc1cc(Nc2ccn[nH]2)nc(N2C[C@@H](C(=O)O)C[C@@H](c3ccccc3)C2)n1. The average Bonchev–Trinajstić information content (AvgIpc) is 3.21. The molecule has 1 aliphatic rings. The quantitative estimate of drug-likeness (QED) is 0.626. The summed E-state index contributed by atoms with van der Waals surface area (Å²) in [5.41, 5.74) is 1.95. The number of aromatic amines is 1. The van der Waals surface area contributed by atoms with Gasteiger partial charge in [0.2, 0.25) is 5.95 Å². The molecule has 0 radical (unpaired) electrons. The summed E-state index contributed by atoms with van der Waals surface area (Å²) in [4.78, 5) is 22.9. The Balaban J connectivity index is 1.62. The molecule has 1 aliphatic heterocycles. The molecule has 1 saturated heterocycles. The molecule has 0 saturated carbocycles. The van der Waals surface area contributed by atoms with E-state index < -0.39 is 11.9 Å². The van der Waals surface area contributed by atoms with Gasteiger partial charge in [-0.15, -0.1) is 0 Å². The van der Waals surface area contributed by atoms with Crippen molar-refractivity contribution in [2.45, 2.75) is 19.3 Å². The van der Waals surface area contributed by atoms with Crippen molar-refractivity contribution >= 4 is 23.6 Å². The van der Waals surface area contributed by atoms with Gasteiger partial charge in [0.05, 0.1) is 12.1 Å². The van der Waals surface area contributed by atoms with Crippen molar-refractivity contribution in [1.82, 2.24) is 20.2 Å². The van der Waals surface area contributed by atoms with Crippen LogP contribution in [0.5, 0.6) is 0 Å². The molecule has 0 aliphatic carbocycles. The number of benzene rings is 1. The van der Waals surface area contributed by atoms with Gasteiger partial charge >= 0.3 is 5.97 Å². The van der Waals surface area contributed by atoms with Crippen LogP contribution in [0.2, 0.25) is 0 Å². The van der Waals surface area contributed by atoms with Gasteiger partial charge in [0.15, 0.2) is 0 Å². The zero-order valence-electron chi connectivity index (χ0n) is 15.5. The standard InChI is InChI=1S/C20H22N6O2/c1-13-9-18(23-17-7-8-21-25-17)24-20(22-13)26-11-15(10-16(12-26)19(27)28)14-5-3-2-4-6-14/h2-9,15-16H,10-12H2,1H3,(H,27,28)(H2,21,22,23,24,25)/t15-,16+/m1/s1. The van der Waals surface area contributed by atoms with Gasteiger partial charge in [-0.1, -0.05) is 30.3 Å². The molecule has 8 heteroatoms. The number of carbonyl (C=O) groups is 1. The van der Waals surface area contributed by atoms with Crippen LogP contribution in [0.25, 0.3) is 0 Å². The normalized spacial score (nSPS) is 19.4. The van der Waals surface area contributed by atoms with Gasteiger partial charge in [-0.3, -0.25) is 9.89 Å². The molecular weight excluding hydrogens is 356 g/mol. The van der Waals surface area contributed by atoms with E-state index in [1.807, 2.05) is 42.2 Å². The number of hydrogen-bond donors (Lipinski definition) is 3. The van der Waals surface area contributed by atoms with Crippen LogP contribution in [0.15, 0.2) is 48.7 Å². The minimum Gasteiger partial charge on any atom is -0.481 e. The van der Waals surface area contributed by atoms with Gasteiger partial charge in [0.1, 0.15) is 11.6 Å². The number of aromatic nitrogens is 4. The number of piperidine rings is 1. The molecule has 3 aromatic rings. The molecule has 0 bridgehead atoms. The van der Waals surface area contributed by atoms with Crippen molar-refractivity contribution in [2.24, 2.45) is 5.92 Å². The number of rotatable bonds is 5. The Morgan fingerprint density at radius 1 is 1.21 bits per heavy atom. The van der Waals surface area contributed by atoms with Crippen molar-refractivity contribution in [2.75, 3.05) is 23.3 Å². The molecule has 28 heavy (non-hydrogen) atoms. The Hall–Kier alpha value is -3.42. The molecule has 0 amide bonds. The lowest BCUT2D eigenvalue weighted by Crippen LogP contribution is -2.43. The first-order valence-electron chi connectivity index (χ1n) is 9.23. The van der Waals surface area contributed by atoms with Crippen molar-refractivity contribution in [3.63, 3.8) is 0 Å². The summed E-state index contributed by atoms with van der Waals surface area (Å²) in [7, 11) is 0. The van der Waals surface area contributed by atoms with Crippen LogP contribution in [0.1, 0.15) is 23.6 Å². The molecular formula is C20H22N6O2. The van der Waals surface area contributed by atoms with E-state index in [1.54, 1.807) is 6.20 Å². The fourth-order valence-corrected chi connectivity index (χ4v) is 3.63. The van der Waals surface area contributed by atoms with E-state index in [9.17, 15) is 9.90 Å². The van der Waals surface area contributed by atoms with E-state index >= 15 is 0 Å². The zero-order valence-corrected chi connectivity index (χ0v) is 15.5. The van der Waals surface area contributed by atoms with Gasteiger partial charge in [0, 0.05) is 36.8 Å². The number of aryl methyl sites for hydroxylation is 1. The van der Waals surface area contributed by atoms with E-state index in [-0.39, 0.29) is 5.92 Å². The van der Waals surface area contributed by atoms with E-state index in [2.05, 4.69) is 37.6 Å². The number of hydrogen-bond acceptors (Lipinski definition) is 6. The summed E-state index contributed by atoms with van der Waals surface area (Å²) in [5.74, 6) is 0.771. The minimum absolute atomic E-state index is 0.115. The van der Waals surface area contributed by atoms with Gasteiger partial charge in [-0.05, 0) is 18.9 Å². The summed E-state index contributed by atoms with van der Waals surface area (Å²) >= 11 is 0. The Morgan fingerprint density at radius 3 is 2.75 bits per heavy atom. The maximum Gasteiger partial charge on any atom is 0.308 e. The number of carboxylic acids is 1. The van der Waals surface area contributed by atoms with Crippen LogP contribution in [-0.4, -0.2) is 44.3 Å². The summed E-state index contributed by atoms with van der Waals surface area (Å²) in [6.07, 6.45) is 2.27. The third kappa shape index (κ3) is 3.95. The second-order valence-corrected chi connectivity index (χ2v) is 7.07. The fraction of sp³-hybridized carbons (Fsp3) is 0.300. The molecule has 1 aromatic carbocycles. The molecule has 144 valence electrons. The summed E-state index contributed by atoms with van der Waals surface area (Å²) in [6, 6.07) is 13.7. The van der Waals surface area contributed by atoms with Gasteiger partial charge in [-0.25, -0.2) is 4.98 Å². The smallest absolute Gasteiger partial charge is 0.308 e. The predicted octanol–water partition coefficient (Wildman–Crippen LogP) is 2.95. The fourth-order valence-electron chi connectivity index (χ4n) is 3.63. The Bertz CT molecular complexity index is 945. The van der Waals surface area contributed by atoms with E-state index in [4.69, 9.17) is 0 Å². The minimum atomic E-state index is -0.783. The first-order valence-corrected chi connectivity index (χ1v) is 9.23. The van der Waals surface area contributed by atoms with Gasteiger partial charge in [-0.2, -0.15) is 10.1 Å². The number of nitrogens with zero attached hydrogens (tertiary/aromatic N) is 4. The van der Waals surface area contributed by atoms with Gasteiger partial charge < -0.3 is 15.3 Å². The zero-order chi connectivity index (χ0) is 19.5. The number of anilines is 3. The second kappa shape index (κ2) is 7.67. The third-order valence-electron chi connectivity index (χ3n) is 4.96. The Kier molecular flexibility index (Phi) is 4.92. The molecule has 3 N–H and O–H groups in total. The van der Waals surface area contributed by atoms with E-state index in [0.29, 0.717) is 31.3 Å². The van der Waals surface area contributed by atoms with Crippen LogP contribution in [0.3, 0.4) is 0 Å². The summed E-state index contributed by atoms with van der Waals surface area (Å²) in [5, 5.41) is 19.6. The lowest BCUT2D eigenvalue weighted by atomic mass is 9.84. The highest BCUT2D eigenvalue weighted by atomic mass is 16.4. The van der Waals surface area contributed by atoms with Crippen LogP contribution in [0, 0.1) is 12.8 Å². The first kappa shape index (κ1) is 18.0. The molecule has 2 atom stereocenters. The van der Waals surface area contributed by atoms with E-state index in [0.717, 1.165) is 17.1 Å². The maximum atomic E-state index is 11.8. The molecule has 4 rings (SSSR count). The molecule has 8 nitrogen and oxygen atoms in total. The monoisotopic (exact) mass is 378 g/mol. The van der Waals surface area contributed by atoms with Crippen molar-refractivity contribution in [3.05, 3.63) is 59.9 Å². The largest absolute Gasteiger partial charge is 0.481 e. The highest BCUT2D eigenvalue weighted by molar-refractivity contribution is 5.71. The second-order valence-electron chi connectivity index (χ2n) is 7.07. The molecule has 2 aromatic heterocycles. The summed E-state index contributed by atoms with van der Waals surface area (Å²) < 4.78 is 0. The molecule has 1 fully saturated rings.